The number of sulfonamides is 1. The zero-order chi connectivity index (χ0) is 25.0. The monoisotopic (exact) mass is 532 g/mol. The first kappa shape index (κ1) is 24.5. The van der Waals surface area contributed by atoms with Crippen LogP contribution in [-0.4, -0.2) is 46.7 Å². The van der Waals surface area contributed by atoms with Gasteiger partial charge in [-0.3, -0.25) is 9.29 Å². The van der Waals surface area contributed by atoms with E-state index in [9.17, 15) is 13.7 Å². The van der Waals surface area contributed by atoms with E-state index in [0.717, 1.165) is 11.9 Å². The van der Waals surface area contributed by atoms with Crippen molar-refractivity contribution in [3.63, 3.8) is 0 Å². The Labute approximate surface area is 211 Å². The quantitative estimate of drug-likeness (QED) is 0.321. The van der Waals surface area contributed by atoms with Gasteiger partial charge in [-0.15, -0.1) is 11.6 Å². The number of halogens is 2. The van der Waals surface area contributed by atoms with E-state index < -0.39 is 10.0 Å². The third-order valence-electron chi connectivity index (χ3n) is 4.68. The van der Waals surface area contributed by atoms with Gasteiger partial charge in [0.05, 0.1) is 28.4 Å². The number of nitrogens with one attached hydrogen (secondary N) is 1. The molecule has 35 heavy (non-hydrogen) atoms. The molecule has 0 amide bonds. The van der Waals surface area contributed by atoms with E-state index in [2.05, 4.69) is 25.7 Å². The largest absolute Gasteiger partial charge is 0.489 e. The van der Waals surface area contributed by atoms with Crippen molar-refractivity contribution in [2.24, 2.45) is 0 Å². The van der Waals surface area contributed by atoms with Crippen LogP contribution in [0.3, 0.4) is 0 Å². The summed E-state index contributed by atoms with van der Waals surface area (Å²) in [4.78, 5) is 12.4. The molecule has 10 nitrogen and oxygen atoms in total. The number of rotatable bonds is 9. The number of hydrogen-bond acceptors (Lipinski definition) is 8. The van der Waals surface area contributed by atoms with Crippen LogP contribution in [0.4, 0.5) is 5.95 Å². The molecule has 0 saturated carbocycles. The van der Waals surface area contributed by atoms with E-state index in [4.69, 9.17) is 32.7 Å². The summed E-state index contributed by atoms with van der Waals surface area (Å²) in [5.41, 5.74) is 2.62. The maximum atomic E-state index is 11.4. The minimum atomic E-state index is -3.48. The maximum absolute atomic E-state index is 11.4. The number of nitrogens with zero attached hydrogens (tertiary/aromatic N) is 5. The minimum Gasteiger partial charge on any atom is -0.489 e. The van der Waals surface area contributed by atoms with Crippen LogP contribution in [0, 0.1) is 11.3 Å². The highest BCUT2D eigenvalue weighted by atomic mass is 35.5. The van der Waals surface area contributed by atoms with Crippen LogP contribution < -0.4 is 14.2 Å². The topological polar surface area (TPSA) is 132 Å². The van der Waals surface area contributed by atoms with Gasteiger partial charge >= 0.3 is 0 Å². The number of imidazole rings is 1. The van der Waals surface area contributed by atoms with Crippen LogP contribution in [0.2, 0.25) is 5.02 Å². The summed E-state index contributed by atoms with van der Waals surface area (Å²) in [6.07, 6.45) is 4.06. The molecular formula is C22H18Cl2N6O4S. The highest BCUT2D eigenvalue weighted by Crippen LogP contribution is 2.35. The molecule has 1 N–H and O–H groups in total. The van der Waals surface area contributed by atoms with Crippen molar-refractivity contribution >= 4 is 50.2 Å². The van der Waals surface area contributed by atoms with Crippen molar-refractivity contribution in [3.05, 3.63) is 65.2 Å². The zero-order valence-electron chi connectivity index (χ0n) is 18.3. The molecule has 180 valence electrons. The number of aromatic nitrogens is 4. The van der Waals surface area contributed by atoms with Gasteiger partial charge in [0.15, 0.2) is 5.75 Å². The van der Waals surface area contributed by atoms with Crippen LogP contribution in [-0.2, 0) is 16.6 Å². The van der Waals surface area contributed by atoms with Gasteiger partial charge in [-0.05, 0) is 36.4 Å². The molecule has 0 radical (unpaired) electrons. The van der Waals surface area contributed by atoms with Gasteiger partial charge in [0, 0.05) is 11.9 Å². The highest BCUT2D eigenvalue weighted by molar-refractivity contribution is 7.91. The lowest BCUT2D eigenvalue weighted by molar-refractivity contribution is 0.301. The number of fused-ring (bicyclic) bond motifs is 1. The Kier molecular flexibility index (Phi) is 7.25. The fourth-order valence-corrected chi connectivity index (χ4v) is 4.00. The van der Waals surface area contributed by atoms with E-state index >= 15 is 0 Å². The molecule has 4 rings (SSSR count). The predicted molar refractivity (Wildman–Crippen MR) is 132 cm³/mol. The second-order valence-corrected chi connectivity index (χ2v) is 9.76. The molecule has 2 aromatic heterocycles. The summed E-state index contributed by atoms with van der Waals surface area (Å²) in [6.45, 7) is 0.328. The van der Waals surface area contributed by atoms with Crippen molar-refractivity contribution in [1.29, 1.82) is 5.26 Å². The Hall–Kier alpha value is -3.59. The van der Waals surface area contributed by atoms with Crippen molar-refractivity contribution in [2.75, 3.05) is 23.5 Å². The second-order valence-electron chi connectivity index (χ2n) is 7.22. The number of ether oxygens (including phenoxy) is 2. The lowest BCUT2D eigenvalue weighted by atomic mass is 10.1. The molecule has 4 aromatic rings. The number of alkyl halides is 1. The van der Waals surface area contributed by atoms with E-state index in [-0.39, 0.29) is 41.4 Å². The molecular weight excluding hydrogens is 515 g/mol. The second kappa shape index (κ2) is 10.4. The molecule has 2 heterocycles. The lowest BCUT2D eigenvalue weighted by Gasteiger charge is -2.11. The van der Waals surface area contributed by atoms with Gasteiger partial charge in [-0.1, -0.05) is 11.6 Å². The molecule has 0 bridgehead atoms. The fourth-order valence-electron chi connectivity index (χ4n) is 3.24. The molecule has 0 spiro atoms. The third kappa shape index (κ3) is 5.74. The van der Waals surface area contributed by atoms with Gasteiger partial charge in [-0.2, -0.15) is 5.26 Å². The summed E-state index contributed by atoms with van der Waals surface area (Å²) in [5.74, 6) is 1.07. The Balaban J connectivity index is 1.53. The van der Waals surface area contributed by atoms with E-state index in [1.807, 2.05) is 12.1 Å². The van der Waals surface area contributed by atoms with Crippen molar-refractivity contribution in [1.82, 2.24) is 19.5 Å². The lowest BCUT2D eigenvalue weighted by Crippen LogP contribution is -2.13. The van der Waals surface area contributed by atoms with E-state index in [1.165, 1.54) is 6.20 Å². The highest BCUT2D eigenvalue weighted by Gasteiger charge is 2.18. The molecule has 0 aliphatic carbocycles. The van der Waals surface area contributed by atoms with Crippen LogP contribution >= 0.6 is 23.2 Å². The Bertz CT molecular complexity index is 1520. The summed E-state index contributed by atoms with van der Waals surface area (Å²) in [7, 11) is -3.48. The first-order chi connectivity index (χ1) is 16.8. The van der Waals surface area contributed by atoms with E-state index in [1.54, 1.807) is 35.2 Å². The van der Waals surface area contributed by atoms with Crippen molar-refractivity contribution in [3.8, 4) is 23.3 Å². The van der Waals surface area contributed by atoms with Gasteiger partial charge in [0.1, 0.15) is 42.4 Å². The Morgan fingerprint density at radius 3 is 2.63 bits per heavy atom. The fraction of sp³-hybridized carbons (Fsp3) is 0.182. The normalized spacial score (nSPS) is 11.3. The van der Waals surface area contributed by atoms with Gasteiger partial charge in [0.2, 0.25) is 16.0 Å². The predicted octanol–water partition coefficient (Wildman–Crippen LogP) is 3.91. The van der Waals surface area contributed by atoms with Crippen LogP contribution in [0.5, 0.6) is 11.5 Å². The number of anilines is 1. The average Bonchev–Trinajstić information content (AvgIpc) is 3.24. The third-order valence-corrected chi connectivity index (χ3v) is 5.66. The van der Waals surface area contributed by atoms with Gasteiger partial charge in [0.25, 0.3) is 0 Å². The maximum Gasteiger partial charge on any atom is 0.236 e. The molecule has 0 aliphatic heterocycles. The molecule has 2 aromatic carbocycles. The molecule has 0 saturated heterocycles. The minimum absolute atomic E-state index is 0.0254. The molecule has 0 unspecified atom stereocenters. The first-order valence-electron chi connectivity index (χ1n) is 10.1. The van der Waals surface area contributed by atoms with Crippen molar-refractivity contribution < 1.29 is 17.9 Å². The van der Waals surface area contributed by atoms with Crippen LogP contribution in [0.1, 0.15) is 11.3 Å². The molecule has 0 fully saturated rings. The number of nitriles is 1. The Morgan fingerprint density at radius 1 is 1.17 bits per heavy atom. The summed E-state index contributed by atoms with van der Waals surface area (Å²) >= 11 is 12.1. The van der Waals surface area contributed by atoms with Crippen molar-refractivity contribution in [2.45, 2.75) is 6.61 Å². The van der Waals surface area contributed by atoms with Crippen LogP contribution in [0.25, 0.3) is 16.7 Å². The first-order valence-corrected chi connectivity index (χ1v) is 12.9. The average molecular weight is 533 g/mol. The summed E-state index contributed by atoms with van der Waals surface area (Å²) in [5, 5.41) is 9.94. The number of hydrogen-bond donors (Lipinski definition) is 1. The Morgan fingerprint density at radius 2 is 1.94 bits per heavy atom. The summed E-state index contributed by atoms with van der Waals surface area (Å²) in [6, 6.07) is 12.6. The van der Waals surface area contributed by atoms with Crippen LogP contribution in [0.15, 0.2) is 48.9 Å². The SMILES string of the molecule is CS(=O)(=O)Nc1nccc(COc2ccc(-n3cnc4c(C#N)c(OCCCl)c(Cl)cc43)cc2)n1. The smallest absolute Gasteiger partial charge is 0.236 e. The molecule has 0 atom stereocenters. The molecule has 0 aliphatic rings. The van der Waals surface area contributed by atoms with E-state index in [0.29, 0.717) is 22.5 Å². The zero-order valence-corrected chi connectivity index (χ0v) is 20.6. The molecule has 13 heteroatoms. The number of benzene rings is 2. The van der Waals surface area contributed by atoms with Gasteiger partial charge in [-0.25, -0.2) is 23.4 Å². The standard InChI is InChI=1S/C22H18Cl2N6O4S/c1-35(31,32)29-22-26-8-6-14(28-22)12-34-16-4-2-15(3-5-16)30-13-27-20-17(11-25)21(33-9-7-23)18(24)10-19(20)30/h2-6,8,10,13H,7,9,12H2,1H3,(H,26,28,29). The summed E-state index contributed by atoms with van der Waals surface area (Å²) < 4.78 is 38.0. The van der Waals surface area contributed by atoms with Gasteiger partial charge < -0.3 is 9.47 Å².